The third-order valence-electron chi connectivity index (χ3n) is 5.27. The fraction of sp³-hybridized carbons (Fsp3) is 0.320. The van der Waals surface area contributed by atoms with Gasteiger partial charge in [0.15, 0.2) is 0 Å². The van der Waals surface area contributed by atoms with Crippen molar-refractivity contribution in [1.82, 2.24) is 9.47 Å². The van der Waals surface area contributed by atoms with Gasteiger partial charge in [-0.3, -0.25) is 4.79 Å². The summed E-state index contributed by atoms with van der Waals surface area (Å²) >= 11 is 3.48. The van der Waals surface area contributed by atoms with Gasteiger partial charge in [-0.25, -0.2) is 0 Å². The number of carbonyl (C=O) groups is 1. The second-order valence-corrected chi connectivity index (χ2v) is 8.41. The SMILES string of the molecule is CCCCCN(Cc1cccn1Cc1ccccc1C)C(=O)c1cccc(Br)c1. The first-order valence-corrected chi connectivity index (χ1v) is 11.1. The first kappa shape index (κ1) is 21.4. The summed E-state index contributed by atoms with van der Waals surface area (Å²) < 4.78 is 3.18. The van der Waals surface area contributed by atoms with Crippen molar-refractivity contribution in [3.8, 4) is 0 Å². The Labute approximate surface area is 182 Å². The van der Waals surface area contributed by atoms with Crippen LogP contribution >= 0.6 is 15.9 Å². The van der Waals surface area contributed by atoms with E-state index in [2.05, 4.69) is 76.9 Å². The Bertz CT molecular complexity index is 947. The van der Waals surface area contributed by atoms with E-state index in [1.165, 1.54) is 11.1 Å². The highest BCUT2D eigenvalue weighted by atomic mass is 79.9. The molecule has 1 heterocycles. The predicted octanol–water partition coefficient (Wildman–Crippen LogP) is 6.44. The van der Waals surface area contributed by atoms with Gasteiger partial charge in [0.1, 0.15) is 0 Å². The maximum atomic E-state index is 13.2. The zero-order valence-electron chi connectivity index (χ0n) is 17.3. The van der Waals surface area contributed by atoms with E-state index in [1.807, 2.05) is 29.2 Å². The summed E-state index contributed by atoms with van der Waals surface area (Å²) in [6, 6.07) is 20.3. The molecule has 2 aromatic carbocycles. The second-order valence-electron chi connectivity index (χ2n) is 7.50. The van der Waals surface area contributed by atoms with Crippen LogP contribution in [-0.2, 0) is 13.1 Å². The topological polar surface area (TPSA) is 25.2 Å². The Morgan fingerprint density at radius 2 is 1.86 bits per heavy atom. The molecule has 0 unspecified atom stereocenters. The number of hydrogen-bond acceptors (Lipinski definition) is 1. The molecule has 0 fully saturated rings. The molecule has 3 nitrogen and oxygen atoms in total. The molecule has 0 aliphatic heterocycles. The average Bonchev–Trinajstić information content (AvgIpc) is 3.15. The Balaban J connectivity index is 1.80. The Hall–Kier alpha value is -2.33. The Morgan fingerprint density at radius 1 is 1.03 bits per heavy atom. The quantitative estimate of drug-likeness (QED) is 0.342. The molecule has 0 saturated carbocycles. The first-order chi connectivity index (χ1) is 14.1. The van der Waals surface area contributed by atoms with Crippen molar-refractivity contribution < 1.29 is 4.79 Å². The van der Waals surface area contributed by atoms with Crippen LogP contribution in [0.25, 0.3) is 0 Å². The van der Waals surface area contributed by atoms with Crippen molar-refractivity contribution in [2.24, 2.45) is 0 Å². The predicted molar refractivity (Wildman–Crippen MR) is 123 cm³/mol. The van der Waals surface area contributed by atoms with E-state index in [0.29, 0.717) is 6.54 Å². The van der Waals surface area contributed by atoms with Gasteiger partial charge in [0.25, 0.3) is 5.91 Å². The van der Waals surface area contributed by atoms with Crippen LogP contribution in [0.1, 0.15) is 53.4 Å². The van der Waals surface area contributed by atoms with Crippen molar-refractivity contribution in [2.75, 3.05) is 6.54 Å². The molecular formula is C25H29BrN2O. The lowest BCUT2D eigenvalue weighted by Gasteiger charge is -2.24. The number of benzene rings is 2. The fourth-order valence-electron chi connectivity index (χ4n) is 3.52. The van der Waals surface area contributed by atoms with Crippen LogP contribution in [0.5, 0.6) is 0 Å². The highest BCUT2D eigenvalue weighted by Crippen LogP contribution is 2.18. The van der Waals surface area contributed by atoms with Crippen LogP contribution < -0.4 is 0 Å². The number of rotatable bonds is 9. The fourth-order valence-corrected chi connectivity index (χ4v) is 3.92. The molecule has 29 heavy (non-hydrogen) atoms. The average molecular weight is 453 g/mol. The van der Waals surface area contributed by atoms with Crippen LogP contribution in [0.3, 0.4) is 0 Å². The standard InChI is InChI=1S/C25H29BrN2O/c1-3-4-7-15-28(25(29)21-12-8-13-23(26)17-21)19-24-14-9-16-27(24)18-22-11-6-5-10-20(22)2/h5-6,8-14,16-17H,3-4,7,15,18-19H2,1-2H3. The summed E-state index contributed by atoms with van der Waals surface area (Å²) in [4.78, 5) is 15.2. The van der Waals surface area contributed by atoms with Gasteiger partial charge in [0.05, 0.1) is 6.54 Å². The zero-order valence-corrected chi connectivity index (χ0v) is 18.9. The zero-order chi connectivity index (χ0) is 20.6. The summed E-state index contributed by atoms with van der Waals surface area (Å²) in [5, 5.41) is 0. The van der Waals surface area contributed by atoms with Gasteiger partial charge in [-0.2, -0.15) is 0 Å². The number of hydrogen-bond donors (Lipinski definition) is 0. The molecule has 1 aromatic heterocycles. The van der Waals surface area contributed by atoms with Crippen molar-refractivity contribution in [3.63, 3.8) is 0 Å². The normalized spacial score (nSPS) is 10.9. The molecule has 3 aromatic rings. The van der Waals surface area contributed by atoms with Crippen molar-refractivity contribution in [2.45, 2.75) is 46.2 Å². The van der Waals surface area contributed by atoms with Gasteiger partial charge in [-0.1, -0.05) is 66.0 Å². The van der Waals surface area contributed by atoms with Crippen molar-refractivity contribution in [1.29, 1.82) is 0 Å². The van der Waals surface area contributed by atoms with Gasteiger partial charge in [-0.15, -0.1) is 0 Å². The molecule has 1 amide bonds. The molecule has 0 aliphatic rings. The summed E-state index contributed by atoms with van der Waals surface area (Å²) in [7, 11) is 0. The van der Waals surface area contributed by atoms with E-state index in [4.69, 9.17) is 0 Å². The van der Waals surface area contributed by atoms with Crippen LogP contribution in [0, 0.1) is 6.92 Å². The van der Waals surface area contributed by atoms with Crippen LogP contribution in [-0.4, -0.2) is 21.9 Å². The lowest BCUT2D eigenvalue weighted by molar-refractivity contribution is 0.0736. The van der Waals surface area contributed by atoms with Gasteiger partial charge >= 0.3 is 0 Å². The minimum Gasteiger partial charge on any atom is -0.345 e. The minimum atomic E-state index is 0.0889. The van der Waals surface area contributed by atoms with Gasteiger partial charge in [-0.05, 0) is 54.8 Å². The van der Waals surface area contributed by atoms with E-state index in [9.17, 15) is 4.79 Å². The first-order valence-electron chi connectivity index (χ1n) is 10.3. The molecule has 0 radical (unpaired) electrons. The molecule has 0 bridgehead atoms. The molecule has 0 saturated heterocycles. The number of nitrogens with zero attached hydrogens (tertiary/aromatic N) is 2. The molecule has 0 aliphatic carbocycles. The largest absolute Gasteiger partial charge is 0.345 e. The monoisotopic (exact) mass is 452 g/mol. The summed E-state index contributed by atoms with van der Waals surface area (Å²) in [5.41, 5.74) is 4.49. The third-order valence-corrected chi connectivity index (χ3v) is 5.76. The Morgan fingerprint density at radius 3 is 2.62 bits per heavy atom. The Kier molecular flexibility index (Phi) is 7.70. The lowest BCUT2D eigenvalue weighted by Crippen LogP contribution is -2.32. The summed E-state index contributed by atoms with van der Waals surface area (Å²) in [6.07, 6.45) is 5.40. The number of aromatic nitrogens is 1. The maximum Gasteiger partial charge on any atom is 0.254 e. The molecule has 0 spiro atoms. The molecule has 0 N–H and O–H groups in total. The lowest BCUT2D eigenvalue weighted by atomic mass is 10.1. The van der Waals surface area contributed by atoms with Gasteiger partial charge in [0, 0.05) is 35.0 Å². The molecule has 152 valence electrons. The second kappa shape index (κ2) is 10.4. The van der Waals surface area contributed by atoms with Crippen molar-refractivity contribution >= 4 is 21.8 Å². The van der Waals surface area contributed by atoms with E-state index < -0.39 is 0 Å². The number of unbranched alkanes of at least 4 members (excludes halogenated alkanes) is 2. The highest BCUT2D eigenvalue weighted by molar-refractivity contribution is 9.10. The van der Waals surface area contributed by atoms with E-state index in [-0.39, 0.29) is 5.91 Å². The van der Waals surface area contributed by atoms with Gasteiger partial charge < -0.3 is 9.47 Å². The molecule has 3 rings (SSSR count). The van der Waals surface area contributed by atoms with Gasteiger partial charge in [0.2, 0.25) is 0 Å². The molecule has 4 heteroatoms. The third kappa shape index (κ3) is 5.83. The van der Waals surface area contributed by atoms with Crippen molar-refractivity contribution in [3.05, 3.63) is 93.7 Å². The number of amides is 1. The van der Waals surface area contributed by atoms with E-state index >= 15 is 0 Å². The van der Waals surface area contributed by atoms with Crippen LogP contribution in [0.15, 0.2) is 71.3 Å². The number of halogens is 1. The minimum absolute atomic E-state index is 0.0889. The van der Waals surface area contributed by atoms with E-state index in [0.717, 1.165) is 48.1 Å². The van der Waals surface area contributed by atoms with Crippen LogP contribution in [0.2, 0.25) is 0 Å². The van der Waals surface area contributed by atoms with Crippen LogP contribution in [0.4, 0.5) is 0 Å². The highest BCUT2D eigenvalue weighted by Gasteiger charge is 2.18. The number of carbonyl (C=O) groups excluding carboxylic acids is 1. The smallest absolute Gasteiger partial charge is 0.254 e. The summed E-state index contributed by atoms with van der Waals surface area (Å²) in [6.45, 7) is 6.55. The molecular weight excluding hydrogens is 424 g/mol. The molecule has 0 atom stereocenters. The van der Waals surface area contributed by atoms with E-state index in [1.54, 1.807) is 0 Å². The number of aryl methyl sites for hydroxylation is 1. The maximum absolute atomic E-state index is 13.2. The summed E-state index contributed by atoms with van der Waals surface area (Å²) in [5.74, 6) is 0.0889.